The van der Waals surface area contributed by atoms with Crippen molar-refractivity contribution in [3.8, 4) is 11.5 Å². The number of aromatic nitrogens is 3. The first kappa shape index (κ1) is 13.7. The lowest BCUT2D eigenvalue weighted by Crippen LogP contribution is -2.15. The summed E-state index contributed by atoms with van der Waals surface area (Å²) in [5.41, 5.74) is 1.80. The van der Waals surface area contributed by atoms with Crippen LogP contribution in [0.3, 0.4) is 0 Å². The maximum atomic E-state index is 8.79. The average Bonchev–Trinajstić information content (AvgIpc) is 2.98. The van der Waals surface area contributed by atoms with Crippen molar-refractivity contribution >= 4 is 5.69 Å². The van der Waals surface area contributed by atoms with Gasteiger partial charge in [-0.3, -0.25) is 4.68 Å². The smallest absolute Gasteiger partial charge is 0.163 e. The van der Waals surface area contributed by atoms with Gasteiger partial charge >= 0.3 is 0 Å². The molecule has 0 amide bonds. The molecule has 0 atom stereocenters. The lowest BCUT2D eigenvalue weighted by molar-refractivity contribution is 0.171. The minimum Gasteiger partial charge on any atom is -0.486 e. The van der Waals surface area contributed by atoms with Crippen LogP contribution in [0.5, 0.6) is 11.5 Å². The first-order chi connectivity index (χ1) is 10.3. The number of ether oxygens (including phenoxy) is 2. The maximum absolute atomic E-state index is 8.79. The van der Waals surface area contributed by atoms with Crippen LogP contribution in [0, 0.1) is 0 Å². The second-order valence-corrected chi connectivity index (χ2v) is 4.76. The number of aliphatic hydroxyl groups is 1. The fourth-order valence-electron chi connectivity index (χ4n) is 2.11. The Hall–Kier alpha value is -2.28. The molecule has 1 aromatic carbocycles. The number of hydrogen-bond acceptors (Lipinski definition) is 6. The van der Waals surface area contributed by atoms with Crippen molar-refractivity contribution in [3.05, 3.63) is 30.1 Å². The van der Waals surface area contributed by atoms with Gasteiger partial charge in [0.2, 0.25) is 0 Å². The first-order valence-corrected chi connectivity index (χ1v) is 6.98. The van der Waals surface area contributed by atoms with E-state index in [4.69, 9.17) is 14.6 Å². The van der Waals surface area contributed by atoms with Crippen LogP contribution >= 0.6 is 0 Å². The Kier molecular flexibility index (Phi) is 4.20. The van der Waals surface area contributed by atoms with Crippen molar-refractivity contribution < 1.29 is 14.6 Å². The SMILES string of the molecule is OCCCn1cc(CNc2ccc3c(c2)OCCO3)nn1. The molecule has 0 radical (unpaired) electrons. The maximum Gasteiger partial charge on any atom is 0.163 e. The van der Waals surface area contributed by atoms with Gasteiger partial charge in [0.05, 0.1) is 12.7 Å². The van der Waals surface area contributed by atoms with Gasteiger partial charge in [0.15, 0.2) is 11.5 Å². The van der Waals surface area contributed by atoms with E-state index < -0.39 is 0 Å². The van der Waals surface area contributed by atoms with Crippen LogP contribution in [-0.2, 0) is 13.1 Å². The molecular formula is C14H18N4O3. The lowest BCUT2D eigenvalue weighted by Gasteiger charge is -2.19. The van der Waals surface area contributed by atoms with Crippen molar-refractivity contribution in [3.63, 3.8) is 0 Å². The highest BCUT2D eigenvalue weighted by molar-refractivity contribution is 5.55. The van der Waals surface area contributed by atoms with Crippen LogP contribution in [0.2, 0.25) is 0 Å². The number of nitrogens with one attached hydrogen (secondary N) is 1. The van der Waals surface area contributed by atoms with E-state index in [9.17, 15) is 0 Å². The molecule has 2 N–H and O–H groups in total. The molecule has 0 spiro atoms. The van der Waals surface area contributed by atoms with E-state index in [2.05, 4.69) is 15.6 Å². The number of nitrogens with zero attached hydrogens (tertiary/aromatic N) is 3. The van der Waals surface area contributed by atoms with E-state index in [1.807, 2.05) is 24.4 Å². The molecule has 3 rings (SSSR count). The molecule has 112 valence electrons. The summed E-state index contributed by atoms with van der Waals surface area (Å²) in [4.78, 5) is 0. The van der Waals surface area contributed by atoms with E-state index in [0.29, 0.717) is 32.7 Å². The fourth-order valence-corrected chi connectivity index (χ4v) is 2.11. The predicted octanol–water partition coefficient (Wildman–Crippen LogP) is 1.04. The Bertz CT molecular complexity index is 600. The molecule has 21 heavy (non-hydrogen) atoms. The second kappa shape index (κ2) is 6.45. The highest BCUT2D eigenvalue weighted by atomic mass is 16.6. The van der Waals surface area contributed by atoms with Gasteiger partial charge in [0.1, 0.15) is 18.9 Å². The van der Waals surface area contributed by atoms with E-state index in [1.165, 1.54) is 0 Å². The highest BCUT2D eigenvalue weighted by Crippen LogP contribution is 2.32. The minimum absolute atomic E-state index is 0.157. The molecule has 2 heterocycles. The van der Waals surface area contributed by atoms with Gasteiger partial charge in [-0.1, -0.05) is 5.21 Å². The van der Waals surface area contributed by atoms with Crippen LogP contribution in [0.25, 0.3) is 0 Å². The summed E-state index contributed by atoms with van der Waals surface area (Å²) >= 11 is 0. The van der Waals surface area contributed by atoms with Gasteiger partial charge in [0, 0.05) is 24.9 Å². The zero-order valence-electron chi connectivity index (χ0n) is 11.7. The first-order valence-electron chi connectivity index (χ1n) is 6.98. The van der Waals surface area contributed by atoms with Gasteiger partial charge in [-0.05, 0) is 18.6 Å². The third kappa shape index (κ3) is 3.43. The molecule has 0 unspecified atom stereocenters. The predicted molar refractivity (Wildman–Crippen MR) is 76.5 cm³/mol. The van der Waals surface area contributed by atoms with Crippen molar-refractivity contribution in [1.29, 1.82) is 0 Å². The Morgan fingerprint density at radius 2 is 2.10 bits per heavy atom. The summed E-state index contributed by atoms with van der Waals surface area (Å²) in [6.45, 7) is 2.59. The van der Waals surface area contributed by atoms with Crippen LogP contribution in [-0.4, -0.2) is 39.9 Å². The molecule has 0 saturated heterocycles. The lowest BCUT2D eigenvalue weighted by atomic mass is 10.2. The van der Waals surface area contributed by atoms with Crippen molar-refractivity contribution in [2.45, 2.75) is 19.5 Å². The van der Waals surface area contributed by atoms with Gasteiger partial charge in [-0.15, -0.1) is 5.10 Å². The van der Waals surface area contributed by atoms with Crippen molar-refractivity contribution in [2.24, 2.45) is 0 Å². The minimum atomic E-state index is 0.157. The number of hydrogen-bond donors (Lipinski definition) is 2. The number of benzene rings is 1. The third-order valence-corrected chi connectivity index (χ3v) is 3.15. The molecule has 0 bridgehead atoms. The Labute approximate surface area is 122 Å². The number of anilines is 1. The van der Waals surface area contributed by atoms with Crippen LogP contribution in [0.4, 0.5) is 5.69 Å². The zero-order valence-corrected chi connectivity index (χ0v) is 11.7. The van der Waals surface area contributed by atoms with Crippen LogP contribution in [0.15, 0.2) is 24.4 Å². The topological polar surface area (TPSA) is 81.4 Å². The normalized spacial score (nSPS) is 13.2. The molecule has 1 aliphatic rings. The molecule has 1 aliphatic heterocycles. The van der Waals surface area contributed by atoms with E-state index >= 15 is 0 Å². The van der Waals surface area contributed by atoms with Gasteiger partial charge < -0.3 is 19.9 Å². The number of rotatable bonds is 6. The summed E-state index contributed by atoms with van der Waals surface area (Å²) in [5, 5.41) is 20.2. The summed E-state index contributed by atoms with van der Waals surface area (Å²) in [7, 11) is 0. The van der Waals surface area contributed by atoms with Gasteiger partial charge in [0.25, 0.3) is 0 Å². The summed E-state index contributed by atoms with van der Waals surface area (Å²) in [6.07, 6.45) is 2.55. The fraction of sp³-hybridized carbons (Fsp3) is 0.429. The highest BCUT2D eigenvalue weighted by Gasteiger charge is 2.11. The van der Waals surface area contributed by atoms with E-state index in [1.54, 1.807) is 4.68 Å². The summed E-state index contributed by atoms with van der Waals surface area (Å²) in [6, 6.07) is 5.77. The van der Waals surface area contributed by atoms with Crippen molar-refractivity contribution in [1.82, 2.24) is 15.0 Å². The molecule has 0 fully saturated rings. The second-order valence-electron chi connectivity index (χ2n) is 4.76. The Morgan fingerprint density at radius 1 is 1.24 bits per heavy atom. The van der Waals surface area contributed by atoms with Gasteiger partial charge in [-0.2, -0.15) is 0 Å². The Balaban J connectivity index is 1.58. The quantitative estimate of drug-likeness (QED) is 0.827. The largest absolute Gasteiger partial charge is 0.486 e. The van der Waals surface area contributed by atoms with Crippen LogP contribution in [0.1, 0.15) is 12.1 Å². The van der Waals surface area contributed by atoms with Crippen molar-refractivity contribution in [2.75, 3.05) is 25.1 Å². The molecule has 0 aliphatic carbocycles. The van der Waals surface area contributed by atoms with Crippen LogP contribution < -0.4 is 14.8 Å². The number of fused-ring (bicyclic) bond motifs is 1. The van der Waals surface area contributed by atoms with E-state index in [0.717, 1.165) is 22.9 Å². The molecule has 7 heteroatoms. The summed E-state index contributed by atoms with van der Waals surface area (Å²) in [5.74, 6) is 1.54. The standard InChI is InChI=1S/C14H18N4O3/c19-5-1-4-18-10-12(16-17-18)9-15-11-2-3-13-14(8-11)21-7-6-20-13/h2-3,8,10,15,19H,1,4-7,9H2. The third-order valence-electron chi connectivity index (χ3n) is 3.15. The Morgan fingerprint density at radius 3 is 2.95 bits per heavy atom. The van der Waals surface area contributed by atoms with E-state index in [-0.39, 0.29) is 6.61 Å². The molecular weight excluding hydrogens is 272 g/mol. The average molecular weight is 290 g/mol. The molecule has 7 nitrogen and oxygen atoms in total. The summed E-state index contributed by atoms with van der Waals surface area (Å²) < 4.78 is 12.8. The number of aliphatic hydroxyl groups excluding tert-OH is 1. The molecule has 1 aromatic heterocycles. The monoisotopic (exact) mass is 290 g/mol. The number of aryl methyl sites for hydroxylation is 1. The van der Waals surface area contributed by atoms with Gasteiger partial charge in [-0.25, -0.2) is 0 Å². The molecule has 2 aromatic rings. The zero-order chi connectivity index (χ0) is 14.5. The molecule has 0 saturated carbocycles.